The number of halogens is 1. The minimum absolute atomic E-state index is 0.282. The number of hydrogen-bond acceptors (Lipinski definition) is 2. The standard InChI is InChI=1S/C15H21ClN2O/c1-3-5-15(19)18-10-8-17(9-11-18)14-7-4-6-13(16)12(14)2/h4,6-7H,3,5,8-11H2,1-2H3. The fourth-order valence-corrected chi connectivity index (χ4v) is 2.68. The first kappa shape index (κ1) is 14.2. The van der Waals surface area contributed by atoms with Crippen LogP contribution in [0, 0.1) is 6.92 Å². The quantitative estimate of drug-likeness (QED) is 0.849. The van der Waals surface area contributed by atoms with E-state index in [1.807, 2.05) is 30.9 Å². The molecular weight excluding hydrogens is 260 g/mol. The fourth-order valence-electron chi connectivity index (χ4n) is 2.51. The van der Waals surface area contributed by atoms with Crippen LogP contribution < -0.4 is 4.90 Å². The molecule has 0 radical (unpaired) electrons. The molecule has 1 fully saturated rings. The zero-order valence-electron chi connectivity index (χ0n) is 11.7. The number of carbonyl (C=O) groups excluding carboxylic acids is 1. The van der Waals surface area contributed by atoms with E-state index in [-0.39, 0.29) is 5.91 Å². The van der Waals surface area contributed by atoms with Crippen LogP contribution in [0.15, 0.2) is 18.2 Å². The number of benzene rings is 1. The van der Waals surface area contributed by atoms with Crippen molar-refractivity contribution >= 4 is 23.2 Å². The van der Waals surface area contributed by atoms with Crippen molar-refractivity contribution in [3.05, 3.63) is 28.8 Å². The Morgan fingerprint density at radius 1 is 1.26 bits per heavy atom. The molecule has 0 aliphatic carbocycles. The van der Waals surface area contributed by atoms with E-state index in [0.29, 0.717) is 6.42 Å². The minimum atomic E-state index is 0.282. The molecule has 1 aromatic carbocycles. The fraction of sp³-hybridized carbons (Fsp3) is 0.533. The second kappa shape index (κ2) is 6.29. The van der Waals surface area contributed by atoms with Crippen LogP contribution in [-0.2, 0) is 4.79 Å². The number of amides is 1. The van der Waals surface area contributed by atoms with Crippen LogP contribution in [0.3, 0.4) is 0 Å². The summed E-state index contributed by atoms with van der Waals surface area (Å²) in [6.07, 6.45) is 1.59. The van der Waals surface area contributed by atoms with Crippen LogP contribution in [0.25, 0.3) is 0 Å². The Morgan fingerprint density at radius 3 is 2.58 bits per heavy atom. The summed E-state index contributed by atoms with van der Waals surface area (Å²) in [5, 5.41) is 0.807. The molecule has 1 heterocycles. The van der Waals surface area contributed by atoms with E-state index >= 15 is 0 Å². The Labute approximate surface area is 120 Å². The Hall–Kier alpha value is -1.22. The summed E-state index contributed by atoms with van der Waals surface area (Å²) >= 11 is 6.16. The highest BCUT2D eigenvalue weighted by Crippen LogP contribution is 2.27. The van der Waals surface area contributed by atoms with Crippen molar-refractivity contribution in [3.63, 3.8) is 0 Å². The molecule has 3 nitrogen and oxygen atoms in total. The van der Waals surface area contributed by atoms with Gasteiger partial charge in [-0.25, -0.2) is 0 Å². The van der Waals surface area contributed by atoms with Crippen LogP contribution >= 0.6 is 11.6 Å². The van der Waals surface area contributed by atoms with Gasteiger partial charge < -0.3 is 9.80 Å². The number of anilines is 1. The maximum Gasteiger partial charge on any atom is 0.222 e. The number of nitrogens with zero attached hydrogens (tertiary/aromatic N) is 2. The lowest BCUT2D eigenvalue weighted by molar-refractivity contribution is -0.131. The highest BCUT2D eigenvalue weighted by atomic mass is 35.5. The van der Waals surface area contributed by atoms with E-state index in [9.17, 15) is 4.79 Å². The van der Waals surface area contributed by atoms with Gasteiger partial charge in [-0.05, 0) is 31.0 Å². The number of hydrogen-bond donors (Lipinski definition) is 0. The Kier molecular flexibility index (Phi) is 4.70. The van der Waals surface area contributed by atoms with E-state index in [1.54, 1.807) is 0 Å². The Balaban J connectivity index is 2.00. The van der Waals surface area contributed by atoms with Crippen LogP contribution in [0.1, 0.15) is 25.3 Å². The predicted molar refractivity (Wildman–Crippen MR) is 79.9 cm³/mol. The molecule has 0 bridgehead atoms. The number of carbonyl (C=O) groups is 1. The third kappa shape index (κ3) is 3.21. The number of piperazine rings is 1. The van der Waals surface area contributed by atoms with Crippen molar-refractivity contribution in [1.29, 1.82) is 0 Å². The highest BCUT2D eigenvalue weighted by molar-refractivity contribution is 6.31. The van der Waals surface area contributed by atoms with Gasteiger partial charge in [0.05, 0.1) is 0 Å². The third-order valence-corrected chi connectivity index (χ3v) is 4.09. The molecule has 2 rings (SSSR count). The van der Waals surface area contributed by atoms with Crippen molar-refractivity contribution < 1.29 is 4.79 Å². The van der Waals surface area contributed by atoms with Gasteiger partial charge in [0.15, 0.2) is 0 Å². The lowest BCUT2D eigenvalue weighted by atomic mass is 10.1. The van der Waals surface area contributed by atoms with Crippen molar-refractivity contribution in [1.82, 2.24) is 4.90 Å². The van der Waals surface area contributed by atoms with Crippen molar-refractivity contribution in [2.24, 2.45) is 0 Å². The molecule has 0 N–H and O–H groups in total. The molecule has 1 aliphatic rings. The summed E-state index contributed by atoms with van der Waals surface area (Å²) in [6.45, 7) is 7.48. The van der Waals surface area contributed by atoms with Crippen molar-refractivity contribution in [2.45, 2.75) is 26.7 Å². The zero-order valence-corrected chi connectivity index (χ0v) is 12.4. The van der Waals surface area contributed by atoms with Crippen LogP contribution in [0.4, 0.5) is 5.69 Å². The van der Waals surface area contributed by atoms with Gasteiger partial charge in [0.2, 0.25) is 5.91 Å². The topological polar surface area (TPSA) is 23.6 Å². The van der Waals surface area contributed by atoms with Crippen LogP contribution in [0.2, 0.25) is 5.02 Å². The van der Waals surface area contributed by atoms with Crippen LogP contribution in [-0.4, -0.2) is 37.0 Å². The summed E-state index contributed by atoms with van der Waals surface area (Å²) in [5.41, 5.74) is 2.31. The lowest BCUT2D eigenvalue weighted by Crippen LogP contribution is -2.48. The average Bonchev–Trinajstić information content (AvgIpc) is 2.42. The largest absolute Gasteiger partial charge is 0.368 e. The first-order valence-corrected chi connectivity index (χ1v) is 7.29. The first-order valence-electron chi connectivity index (χ1n) is 6.91. The molecule has 0 unspecified atom stereocenters. The van der Waals surface area contributed by atoms with Gasteiger partial charge in [-0.1, -0.05) is 24.6 Å². The van der Waals surface area contributed by atoms with E-state index in [4.69, 9.17) is 11.6 Å². The maximum atomic E-state index is 11.8. The van der Waals surface area contributed by atoms with Crippen molar-refractivity contribution in [2.75, 3.05) is 31.1 Å². The first-order chi connectivity index (χ1) is 9.13. The molecule has 1 aliphatic heterocycles. The Bertz CT molecular complexity index is 453. The third-order valence-electron chi connectivity index (χ3n) is 3.68. The van der Waals surface area contributed by atoms with Gasteiger partial charge in [-0.3, -0.25) is 4.79 Å². The second-order valence-electron chi connectivity index (χ2n) is 5.00. The van der Waals surface area contributed by atoms with Gasteiger partial charge in [0.1, 0.15) is 0 Å². The predicted octanol–water partition coefficient (Wildman–Crippen LogP) is 3.10. The molecule has 104 valence electrons. The minimum Gasteiger partial charge on any atom is -0.368 e. The molecule has 1 aromatic rings. The summed E-state index contributed by atoms with van der Waals surface area (Å²) in [4.78, 5) is 16.1. The monoisotopic (exact) mass is 280 g/mol. The van der Waals surface area contributed by atoms with E-state index in [2.05, 4.69) is 11.0 Å². The molecule has 19 heavy (non-hydrogen) atoms. The van der Waals surface area contributed by atoms with Gasteiger partial charge in [0.25, 0.3) is 0 Å². The van der Waals surface area contributed by atoms with Gasteiger partial charge in [0, 0.05) is 43.3 Å². The van der Waals surface area contributed by atoms with Crippen LogP contribution in [0.5, 0.6) is 0 Å². The van der Waals surface area contributed by atoms with Crippen molar-refractivity contribution in [3.8, 4) is 0 Å². The van der Waals surface area contributed by atoms with E-state index in [0.717, 1.165) is 43.2 Å². The van der Waals surface area contributed by atoms with Gasteiger partial charge >= 0.3 is 0 Å². The highest BCUT2D eigenvalue weighted by Gasteiger charge is 2.21. The van der Waals surface area contributed by atoms with E-state index < -0.39 is 0 Å². The molecule has 0 atom stereocenters. The summed E-state index contributed by atoms with van der Waals surface area (Å²) in [5.74, 6) is 0.282. The average molecular weight is 281 g/mol. The molecule has 0 saturated carbocycles. The molecular formula is C15H21ClN2O. The molecule has 0 aromatic heterocycles. The summed E-state index contributed by atoms with van der Waals surface area (Å²) in [7, 11) is 0. The summed E-state index contributed by atoms with van der Waals surface area (Å²) in [6, 6.07) is 6.01. The molecule has 1 amide bonds. The van der Waals surface area contributed by atoms with Gasteiger partial charge in [-0.15, -0.1) is 0 Å². The number of rotatable bonds is 3. The SMILES string of the molecule is CCCC(=O)N1CCN(c2cccc(Cl)c2C)CC1. The Morgan fingerprint density at radius 2 is 1.95 bits per heavy atom. The van der Waals surface area contributed by atoms with E-state index in [1.165, 1.54) is 5.69 Å². The maximum absolute atomic E-state index is 11.8. The molecule has 4 heteroatoms. The zero-order chi connectivity index (χ0) is 13.8. The second-order valence-corrected chi connectivity index (χ2v) is 5.41. The smallest absolute Gasteiger partial charge is 0.222 e. The lowest BCUT2D eigenvalue weighted by Gasteiger charge is -2.37. The molecule has 1 saturated heterocycles. The normalized spacial score (nSPS) is 15.7. The molecule has 0 spiro atoms. The summed E-state index contributed by atoms with van der Waals surface area (Å²) < 4.78 is 0. The van der Waals surface area contributed by atoms with Gasteiger partial charge in [-0.2, -0.15) is 0 Å².